The highest BCUT2D eigenvalue weighted by Crippen LogP contribution is 2.23. The third kappa shape index (κ3) is 2.81. The Morgan fingerprint density at radius 2 is 2.31 bits per heavy atom. The molecular formula is C12H14N2OS. The van der Waals surface area contributed by atoms with Gasteiger partial charge in [0.25, 0.3) is 0 Å². The number of rotatable bonds is 5. The summed E-state index contributed by atoms with van der Waals surface area (Å²) in [6.07, 6.45) is 3.66. The number of aromatic nitrogens is 1. The molecule has 0 aliphatic carbocycles. The van der Waals surface area contributed by atoms with Crippen molar-refractivity contribution in [2.75, 3.05) is 7.11 Å². The first kappa shape index (κ1) is 11.1. The van der Waals surface area contributed by atoms with Gasteiger partial charge in [-0.2, -0.15) is 0 Å². The lowest BCUT2D eigenvalue weighted by Gasteiger charge is -2.05. The first-order valence-electron chi connectivity index (χ1n) is 5.10. The molecule has 0 spiro atoms. The Morgan fingerprint density at radius 1 is 1.38 bits per heavy atom. The molecule has 0 radical (unpaired) electrons. The number of ether oxygens (including phenoxy) is 1. The maximum absolute atomic E-state index is 5.25. The van der Waals surface area contributed by atoms with Crippen LogP contribution < -0.4 is 10.1 Å². The third-order valence-corrected chi connectivity index (χ3v) is 3.16. The molecule has 0 saturated heterocycles. The SMILES string of the molecule is COc1ccsc1CNCc1cccnc1. The van der Waals surface area contributed by atoms with Crippen LogP contribution in [0.5, 0.6) is 5.75 Å². The quantitative estimate of drug-likeness (QED) is 0.862. The van der Waals surface area contributed by atoms with Crippen LogP contribution in [0.25, 0.3) is 0 Å². The van der Waals surface area contributed by atoms with Crippen molar-refractivity contribution in [2.24, 2.45) is 0 Å². The van der Waals surface area contributed by atoms with Gasteiger partial charge in [-0.3, -0.25) is 4.98 Å². The number of pyridine rings is 1. The molecule has 0 aliphatic heterocycles. The Labute approximate surface area is 99.1 Å². The van der Waals surface area contributed by atoms with E-state index in [1.54, 1.807) is 24.6 Å². The monoisotopic (exact) mass is 234 g/mol. The van der Waals surface area contributed by atoms with Crippen molar-refractivity contribution >= 4 is 11.3 Å². The molecule has 0 unspecified atom stereocenters. The third-order valence-electron chi connectivity index (χ3n) is 2.26. The number of methoxy groups -OCH3 is 1. The van der Waals surface area contributed by atoms with Gasteiger partial charge in [-0.05, 0) is 23.1 Å². The minimum atomic E-state index is 0.828. The molecule has 84 valence electrons. The topological polar surface area (TPSA) is 34.1 Å². The van der Waals surface area contributed by atoms with Gasteiger partial charge in [-0.1, -0.05) is 6.07 Å². The summed E-state index contributed by atoms with van der Waals surface area (Å²) in [5, 5.41) is 5.41. The first-order valence-corrected chi connectivity index (χ1v) is 5.98. The van der Waals surface area contributed by atoms with Crippen molar-refractivity contribution in [3.63, 3.8) is 0 Å². The van der Waals surface area contributed by atoms with E-state index >= 15 is 0 Å². The van der Waals surface area contributed by atoms with Crippen molar-refractivity contribution in [2.45, 2.75) is 13.1 Å². The van der Waals surface area contributed by atoms with Crippen LogP contribution in [-0.2, 0) is 13.1 Å². The van der Waals surface area contributed by atoms with E-state index in [1.807, 2.05) is 23.7 Å². The lowest BCUT2D eigenvalue weighted by atomic mass is 10.3. The summed E-state index contributed by atoms with van der Waals surface area (Å²) >= 11 is 1.71. The summed E-state index contributed by atoms with van der Waals surface area (Å²) in [5.41, 5.74) is 1.19. The predicted molar refractivity (Wildman–Crippen MR) is 65.7 cm³/mol. The molecule has 2 rings (SSSR count). The van der Waals surface area contributed by atoms with Crippen LogP contribution >= 0.6 is 11.3 Å². The van der Waals surface area contributed by atoms with Crippen LogP contribution in [0.1, 0.15) is 10.4 Å². The summed E-state index contributed by atoms with van der Waals surface area (Å²) in [5.74, 6) is 0.962. The van der Waals surface area contributed by atoms with E-state index in [2.05, 4.69) is 16.4 Å². The van der Waals surface area contributed by atoms with E-state index < -0.39 is 0 Å². The van der Waals surface area contributed by atoms with Gasteiger partial charge in [-0.15, -0.1) is 11.3 Å². The minimum absolute atomic E-state index is 0.828. The second-order valence-electron chi connectivity index (χ2n) is 3.38. The molecule has 16 heavy (non-hydrogen) atoms. The molecule has 0 amide bonds. The van der Waals surface area contributed by atoms with Crippen LogP contribution in [0.4, 0.5) is 0 Å². The summed E-state index contributed by atoms with van der Waals surface area (Å²) in [4.78, 5) is 5.30. The largest absolute Gasteiger partial charge is 0.496 e. The van der Waals surface area contributed by atoms with Gasteiger partial charge in [-0.25, -0.2) is 0 Å². The fourth-order valence-electron chi connectivity index (χ4n) is 1.46. The van der Waals surface area contributed by atoms with E-state index in [9.17, 15) is 0 Å². The van der Waals surface area contributed by atoms with Gasteiger partial charge in [0.2, 0.25) is 0 Å². The van der Waals surface area contributed by atoms with Crippen molar-refractivity contribution in [3.8, 4) is 5.75 Å². The molecule has 0 aliphatic rings. The second-order valence-corrected chi connectivity index (χ2v) is 4.38. The van der Waals surface area contributed by atoms with E-state index in [4.69, 9.17) is 4.74 Å². The van der Waals surface area contributed by atoms with Crippen molar-refractivity contribution < 1.29 is 4.74 Å². The van der Waals surface area contributed by atoms with Crippen molar-refractivity contribution in [1.82, 2.24) is 10.3 Å². The van der Waals surface area contributed by atoms with Gasteiger partial charge in [0, 0.05) is 25.5 Å². The Bertz CT molecular complexity index is 428. The summed E-state index contributed by atoms with van der Waals surface area (Å²) in [7, 11) is 1.70. The minimum Gasteiger partial charge on any atom is -0.496 e. The number of nitrogens with zero attached hydrogens (tertiary/aromatic N) is 1. The van der Waals surface area contributed by atoms with Gasteiger partial charge in [0.05, 0.1) is 12.0 Å². The predicted octanol–water partition coefficient (Wildman–Crippen LogP) is 2.44. The molecule has 4 heteroatoms. The maximum Gasteiger partial charge on any atom is 0.134 e. The summed E-state index contributed by atoms with van der Waals surface area (Å²) in [6.45, 7) is 1.66. The van der Waals surface area contributed by atoms with E-state index in [0.717, 1.165) is 18.8 Å². The molecule has 0 aromatic carbocycles. The fourth-order valence-corrected chi connectivity index (χ4v) is 2.27. The molecule has 0 atom stereocenters. The number of thiophene rings is 1. The van der Waals surface area contributed by atoms with Crippen LogP contribution in [0, 0.1) is 0 Å². The first-order chi connectivity index (χ1) is 7.90. The maximum atomic E-state index is 5.25. The molecular weight excluding hydrogens is 220 g/mol. The highest BCUT2D eigenvalue weighted by Gasteiger charge is 2.03. The molecule has 2 aromatic heterocycles. The lowest BCUT2D eigenvalue weighted by molar-refractivity contribution is 0.410. The average molecular weight is 234 g/mol. The van der Waals surface area contributed by atoms with Crippen LogP contribution in [0.3, 0.4) is 0 Å². The molecule has 0 fully saturated rings. The molecule has 2 heterocycles. The fraction of sp³-hybridized carbons (Fsp3) is 0.250. The smallest absolute Gasteiger partial charge is 0.134 e. The molecule has 0 saturated carbocycles. The lowest BCUT2D eigenvalue weighted by Crippen LogP contribution is -2.12. The zero-order chi connectivity index (χ0) is 11.2. The van der Waals surface area contributed by atoms with E-state index in [-0.39, 0.29) is 0 Å². The molecule has 3 nitrogen and oxygen atoms in total. The van der Waals surface area contributed by atoms with Crippen molar-refractivity contribution in [1.29, 1.82) is 0 Å². The van der Waals surface area contributed by atoms with E-state index in [0.29, 0.717) is 0 Å². The highest BCUT2D eigenvalue weighted by molar-refractivity contribution is 7.10. The van der Waals surface area contributed by atoms with Gasteiger partial charge in [0.15, 0.2) is 0 Å². The van der Waals surface area contributed by atoms with Gasteiger partial charge >= 0.3 is 0 Å². The van der Waals surface area contributed by atoms with Gasteiger partial charge < -0.3 is 10.1 Å². The zero-order valence-corrected chi connectivity index (χ0v) is 9.96. The normalized spacial score (nSPS) is 10.3. The molecule has 1 N–H and O–H groups in total. The van der Waals surface area contributed by atoms with Crippen LogP contribution in [0.2, 0.25) is 0 Å². The summed E-state index contributed by atoms with van der Waals surface area (Å²) in [6, 6.07) is 6.00. The van der Waals surface area contributed by atoms with Gasteiger partial charge in [0.1, 0.15) is 5.75 Å². The van der Waals surface area contributed by atoms with Crippen LogP contribution in [-0.4, -0.2) is 12.1 Å². The Hall–Kier alpha value is -1.39. The zero-order valence-electron chi connectivity index (χ0n) is 9.14. The highest BCUT2D eigenvalue weighted by atomic mass is 32.1. The van der Waals surface area contributed by atoms with Crippen molar-refractivity contribution in [3.05, 3.63) is 46.4 Å². The number of hydrogen-bond donors (Lipinski definition) is 1. The number of hydrogen-bond acceptors (Lipinski definition) is 4. The Balaban J connectivity index is 1.85. The van der Waals surface area contributed by atoms with E-state index in [1.165, 1.54) is 10.4 Å². The molecule has 2 aromatic rings. The standard InChI is InChI=1S/C12H14N2OS/c1-15-11-4-6-16-12(11)9-14-8-10-3-2-5-13-7-10/h2-7,14H,8-9H2,1H3. The number of nitrogens with one attached hydrogen (secondary N) is 1. The molecule has 0 bridgehead atoms. The Morgan fingerprint density at radius 3 is 3.06 bits per heavy atom. The summed E-state index contributed by atoms with van der Waals surface area (Å²) < 4.78 is 5.25. The average Bonchev–Trinajstić information content (AvgIpc) is 2.78. The Kier molecular flexibility index (Phi) is 3.91. The second kappa shape index (κ2) is 5.63. The van der Waals surface area contributed by atoms with Crippen LogP contribution in [0.15, 0.2) is 36.0 Å².